The van der Waals surface area contributed by atoms with Gasteiger partial charge in [-0.15, -0.1) is 0 Å². The second kappa shape index (κ2) is 18.0. The molecule has 102 heavy (non-hydrogen) atoms. The number of carbonyl (C=O) groups is 2. The van der Waals surface area contributed by atoms with Crippen LogP contribution in [-0.2, 0) is 44.1 Å². The number of nitrogens with zero attached hydrogens (tertiary/aromatic N) is 2. The summed E-state index contributed by atoms with van der Waals surface area (Å²) in [5.41, 5.74) is 5.73. The van der Waals surface area contributed by atoms with Crippen LogP contribution >= 0.6 is 27.2 Å². The number of aliphatic hydroxyl groups excluding tert-OH is 4. The molecule has 0 radical (unpaired) electrons. The number of hydrogen-bond acceptors (Lipinski definition) is 16. The number of amides is 2. The zero-order valence-electron chi connectivity index (χ0n) is 57.9. The van der Waals surface area contributed by atoms with E-state index >= 15 is 0 Å². The van der Waals surface area contributed by atoms with Crippen LogP contribution in [0.25, 0.3) is 0 Å². The summed E-state index contributed by atoms with van der Waals surface area (Å²) in [4.78, 5) is 56.9. The first-order valence-electron chi connectivity index (χ1n) is 43.5. The van der Waals surface area contributed by atoms with Crippen LogP contribution in [0.15, 0.2) is 0 Å². The quantitative estimate of drug-likeness (QED) is 0.0401. The predicted molar refractivity (Wildman–Crippen MR) is 363 cm³/mol. The fourth-order valence-corrected chi connectivity index (χ4v) is 47.3. The van der Waals surface area contributed by atoms with Gasteiger partial charge in [0.05, 0.1) is 56.3 Å². The van der Waals surface area contributed by atoms with Gasteiger partial charge in [0.15, 0.2) is 0 Å². The molecule has 2 amide bonds. The number of rotatable bonds is 20. The third kappa shape index (κ3) is 5.54. The van der Waals surface area contributed by atoms with E-state index in [0.29, 0.717) is 60.6 Å². The second-order valence-electron chi connectivity index (χ2n) is 44.3. The SMILES string of the molecule is NCCCCCC(=O)N1CC(OP(=O)([O-])OC[C@@H]2C[C@@H](O)CN2C(=O)CCCS)C[C@H]1COP([O-])(=S)OC[C@H]1[C@@H](O)[C@@H]2[C@H]1[C@H]1[C@@H]2[C@@H]2[C@H]1[C@H]1[C@@H]2[C@@H]2[C@H]1[C@H]1[C@@H]2[C@@H]2[C@H]1[C@H]1[C@@H]2[C@@H]2[C@H]1[C@H]1[C@@H]2[C@@H]2[C@H]1[C@@H]1[C@@H]3[C@@H]4[C@@H]5[C@@H]6[C@@H]7[C@@H]8[C@@H]9[C@@H]%10[C@@H]%11[C@@H]%12C%13[C@H]([C@@H]%14[C@H]%13[C@@H]%13[C@@H]%15[C@@H]%16[C@@H]%17[C@H](O)[C@H](CO)[C@@H]%17[C@@H]%16[C@@H]%15[C@H]%14%13)[C@@H]%12[C@@H]%11[C@@H]%10[C@@H]9[C@@H]8[C@@H]7[C@@H]6[C@@H]5[C@@H]4[C@@H]3[C@@H]12. The van der Waals surface area contributed by atoms with Crippen molar-refractivity contribution in [1.82, 2.24) is 9.80 Å². The van der Waals surface area contributed by atoms with E-state index in [-0.39, 0.29) is 95.0 Å². The van der Waals surface area contributed by atoms with E-state index < -0.39 is 44.9 Å². The highest BCUT2D eigenvalue weighted by Gasteiger charge is 3.01. The Morgan fingerprint density at radius 2 is 0.696 bits per heavy atom. The highest BCUT2D eigenvalue weighted by Crippen LogP contribution is 3.04. The van der Waals surface area contributed by atoms with Crippen LogP contribution in [0.4, 0.5) is 0 Å². The van der Waals surface area contributed by atoms with Crippen molar-refractivity contribution in [3.8, 4) is 0 Å². The molecule has 0 aromatic heterocycles. The van der Waals surface area contributed by atoms with Crippen molar-refractivity contribution < 1.29 is 62.5 Å². The maximum Gasteiger partial charge on any atom is 0.268 e. The van der Waals surface area contributed by atoms with Crippen molar-refractivity contribution in [2.45, 2.75) is 87.9 Å². The fraction of sp³-hybridized carbons (Fsp3) is 0.976. The van der Waals surface area contributed by atoms with Gasteiger partial charge < -0.3 is 63.8 Å². The third-order valence-electron chi connectivity index (χ3n) is 45.9. The van der Waals surface area contributed by atoms with Crippen LogP contribution in [0.1, 0.15) is 51.4 Å². The molecule has 4 unspecified atom stereocenters. The summed E-state index contributed by atoms with van der Waals surface area (Å²) in [6.45, 7) is -3.76. The first-order valence-corrected chi connectivity index (χ1v) is 48.2. The molecule has 31 aliphatic rings. The summed E-state index contributed by atoms with van der Waals surface area (Å²) in [5, 5.41) is 43.2. The van der Waals surface area contributed by atoms with Crippen LogP contribution in [0.2, 0.25) is 0 Å². The minimum atomic E-state index is -4.94. The first-order chi connectivity index (χ1) is 49.7. The summed E-state index contributed by atoms with van der Waals surface area (Å²) < 4.78 is 36.2. The minimum absolute atomic E-state index is 0.0436. The van der Waals surface area contributed by atoms with Gasteiger partial charge in [-0.3, -0.25) is 14.2 Å². The van der Waals surface area contributed by atoms with E-state index in [4.69, 9.17) is 35.6 Å². The molecule has 2 saturated heterocycles. The molecule has 0 bridgehead atoms. The lowest BCUT2D eigenvalue weighted by molar-refractivity contribution is -0.556. The number of phosphoric ester groups is 1. The highest BCUT2D eigenvalue weighted by molar-refractivity contribution is 8.06. The van der Waals surface area contributed by atoms with E-state index in [0.717, 1.165) is 167 Å². The monoisotopic (exact) mass is 1460 g/mol. The summed E-state index contributed by atoms with van der Waals surface area (Å²) in [5.74, 6) is 59.4. The zero-order valence-corrected chi connectivity index (χ0v) is 61.4. The lowest BCUT2D eigenvalue weighted by Gasteiger charge is -3.02. The zero-order chi connectivity index (χ0) is 66.4. The molecule has 29 aliphatic carbocycles. The van der Waals surface area contributed by atoms with Crippen molar-refractivity contribution in [3.05, 3.63) is 0 Å². The van der Waals surface area contributed by atoms with E-state index in [1.807, 2.05) is 0 Å². The summed E-state index contributed by atoms with van der Waals surface area (Å²) >= 11 is 9.73. The van der Waals surface area contributed by atoms with Crippen LogP contribution in [0.5, 0.6) is 0 Å². The van der Waals surface area contributed by atoms with Crippen molar-refractivity contribution in [2.24, 2.45) is 349 Å². The molecule has 0 aromatic rings. The number of unbranched alkanes of at least 4 members (excludes halogenated alkanes) is 2. The molecule has 66 atom stereocenters. The smallest absolute Gasteiger partial charge is 0.268 e. The van der Waals surface area contributed by atoms with Gasteiger partial charge in [-0.2, -0.15) is 12.6 Å². The molecule has 6 N–H and O–H groups in total. The summed E-state index contributed by atoms with van der Waals surface area (Å²) in [6.07, 6.45) is 1.02. The van der Waals surface area contributed by atoms with Crippen molar-refractivity contribution in [3.63, 3.8) is 0 Å². The molecule has 29 saturated carbocycles. The molecular formula is C82H103N3O13P2S2-2. The standard InChI is InChI=1S/C82H105N3O13P2S2/c83-7-3-1-2-5-23(88)85-12-20(98-99(92,93)95-14-17-9-19(87)11-84(17)24(89)6-4-8-101)10-18(85)15-96-100(94,102)97-16-22-26-28-30-32-34-36-38-40-42-44-46-48-50-52-53-51(54(52)56(50)58(48)60(46)62(44)64(42)66(40)68(38)70(36)72(34)74(32)76(30)78(28)80(26)82(22)91)49-47-45-43-41-39-37-35-33-31-29-27-25-21(13-86)81(90)79(25)77(27)75(29)73(31)71(33)69(35)67(37)65(39)63(41)61(43)59(45)57(47)55(49)53/h17-22,25-82,86-87,90-91,101H,1-16,83H2,(H,92,93)(H,94,102)/p-2/t17-,18-,19+,20?,21+,22+,25+,26+,27+,28+,29+,30+,31+,32+,33+,34+,35+,36+,37+,38+,39+,40+,41+,42+,43+,44+,45+,46+,47+,48+,49+,50+,51-,52+,53+,54-,55+,56+,57+,58+,59+,60+,61+,62+,63+,64+,65+,66+,67+,68+,69?,70+,71+,72+,73+,74+,75+,76+,77+,78+,79+,80+,81+,82+,100?/m0/s1. The molecule has 2 aliphatic heterocycles. The van der Waals surface area contributed by atoms with E-state index in [9.17, 15) is 44.4 Å². The number of thiol groups is 1. The number of aliphatic hydroxyl groups is 4. The third-order valence-corrected chi connectivity index (χ3v) is 48.8. The van der Waals surface area contributed by atoms with E-state index in [2.05, 4.69) is 12.6 Å². The Hall–Kier alpha value is -0.270. The van der Waals surface area contributed by atoms with E-state index in [1.54, 1.807) is 0 Å². The topological polar surface area (TPSA) is 248 Å². The molecule has 31 rings (SSSR count). The molecule has 548 valence electrons. The maximum atomic E-state index is 14.0. The van der Waals surface area contributed by atoms with Crippen LogP contribution < -0.4 is 15.5 Å². The number of carbonyl (C=O) groups excluding carboxylic acids is 2. The molecule has 31 fully saturated rings. The fourth-order valence-electron chi connectivity index (χ4n) is 45.0. The first kappa shape index (κ1) is 59.5. The lowest BCUT2D eigenvalue weighted by atomic mass is 9.02. The molecule has 20 heteroatoms. The Bertz CT molecular complexity index is 4060. The number of phosphoric acid groups is 1. The normalized spacial score (nSPS) is 73.8. The molecule has 0 aromatic carbocycles. The molecular weight excluding hydrogens is 1360 g/mol. The van der Waals surface area contributed by atoms with Crippen molar-refractivity contribution in [1.29, 1.82) is 0 Å². The molecule has 2 heterocycles. The number of hydrogen-bond donors (Lipinski definition) is 6. The van der Waals surface area contributed by atoms with Gasteiger partial charge in [0, 0.05) is 44.4 Å². The lowest BCUT2D eigenvalue weighted by Crippen LogP contribution is -2.99. The number of fused-ring (bicyclic) bond motifs is 82. The average molecular weight is 1460 g/mol. The summed E-state index contributed by atoms with van der Waals surface area (Å²) in [6, 6.07) is -1.31. The van der Waals surface area contributed by atoms with Gasteiger partial charge in [-0.1, -0.05) is 18.2 Å². The Balaban J connectivity index is 0.324. The van der Waals surface area contributed by atoms with Gasteiger partial charge in [0.1, 0.15) is 6.72 Å². The van der Waals surface area contributed by atoms with Gasteiger partial charge in [0.25, 0.3) is 7.82 Å². The second-order valence-corrected chi connectivity index (χ2v) is 48.8. The predicted octanol–water partition coefficient (Wildman–Crippen LogP) is 5.11. The largest absolute Gasteiger partial charge is 0.780 e. The molecule has 0 spiro atoms. The maximum absolute atomic E-state index is 14.0. The highest BCUT2D eigenvalue weighted by atomic mass is 32.5. The Labute approximate surface area is 608 Å². The molecule has 16 nitrogen and oxygen atoms in total. The van der Waals surface area contributed by atoms with Crippen LogP contribution in [0.3, 0.4) is 0 Å². The number of nitrogens with two attached hydrogens (primary N) is 1. The van der Waals surface area contributed by atoms with E-state index in [1.165, 1.54) is 152 Å². The summed E-state index contributed by atoms with van der Waals surface area (Å²) in [7, 11) is -4.94. The Kier molecular flexibility index (Phi) is 10.5. The Morgan fingerprint density at radius 3 is 1.05 bits per heavy atom. The van der Waals surface area contributed by atoms with Crippen molar-refractivity contribution >= 4 is 50.8 Å². The van der Waals surface area contributed by atoms with Gasteiger partial charge in [-0.25, -0.2) is 0 Å². The van der Waals surface area contributed by atoms with Gasteiger partial charge in [0.2, 0.25) is 11.8 Å². The van der Waals surface area contributed by atoms with Crippen LogP contribution in [0, 0.1) is 343 Å². The average Bonchev–Trinajstić information content (AvgIpc) is 0.619. The number of likely N-dealkylation sites (tertiary alicyclic amines) is 2. The Morgan fingerprint density at radius 1 is 0.402 bits per heavy atom. The van der Waals surface area contributed by atoms with Crippen molar-refractivity contribution in [2.75, 3.05) is 51.8 Å². The van der Waals surface area contributed by atoms with Crippen LogP contribution in [-0.4, -0.2) is 130 Å². The van der Waals surface area contributed by atoms with Gasteiger partial charge in [-0.05, 0) is 376 Å². The minimum Gasteiger partial charge on any atom is -0.780 e. The van der Waals surface area contributed by atoms with Gasteiger partial charge >= 0.3 is 0 Å². The number of β-amino-alcohol motifs (C(OH)–C–C–N with tert-alkyl or cyclic N) is 1.